The summed E-state index contributed by atoms with van der Waals surface area (Å²) in [6.45, 7) is 0.620. The average Bonchev–Trinajstić information content (AvgIpc) is 2.78. The molecular formula is C15H18N2O3. The summed E-state index contributed by atoms with van der Waals surface area (Å²) in [6.07, 6.45) is 1.29. The monoisotopic (exact) mass is 274 g/mol. The maximum absolute atomic E-state index is 11.9. The van der Waals surface area contributed by atoms with E-state index in [1.165, 1.54) is 4.90 Å². The van der Waals surface area contributed by atoms with Gasteiger partial charge >= 0.3 is 6.09 Å². The molecule has 1 aromatic carbocycles. The van der Waals surface area contributed by atoms with Crippen LogP contribution in [0.2, 0.25) is 0 Å². The zero-order valence-corrected chi connectivity index (χ0v) is 11.7. The average molecular weight is 274 g/mol. The molecule has 106 valence electrons. The van der Waals surface area contributed by atoms with Gasteiger partial charge in [-0.15, -0.1) is 0 Å². The van der Waals surface area contributed by atoms with Gasteiger partial charge in [0, 0.05) is 25.9 Å². The third kappa shape index (κ3) is 3.60. The van der Waals surface area contributed by atoms with Gasteiger partial charge in [-0.3, -0.25) is 9.69 Å². The quantitative estimate of drug-likeness (QED) is 0.786. The number of Topliss-reactive ketones (excluding diaryl/α,β-unsaturated/α-hetero) is 1. The zero-order valence-electron chi connectivity index (χ0n) is 11.7. The molecule has 0 saturated carbocycles. The molecular weight excluding hydrogens is 256 g/mol. The van der Waals surface area contributed by atoms with Crippen LogP contribution in [0, 0.1) is 0 Å². The van der Waals surface area contributed by atoms with Crippen LogP contribution in [0.5, 0.6) is 0 Å². The van der Waals surface area contributed by atoms with Crippen LogP contribution in [-0.4, -0.2) is 48.9 Å². The van der Waals surface area contributed by atoms with Crippen LogP contribution in [0.15, 0.2) is 42.1 Å². The van der Waals surface area contributed by atoms with Crippen LogP contribution >= 0.6 is 0 Å². The summed E-state index contributed by atoms with van der Waals surface area (Å²) >= 11 is 0. The van der Waals surface area contributed by atoms with Crippen molar-refractivity contribution in [2.24, 2.45) is 0 Å². The molecule has 0 N–H and O–H groups in total. The molecule has 0 bridgehead atoms. The molecule has 1 amide bonds. The second-order valence-electron chi connectivity index (χ2n) is 4.94. The highest BCUT2D eigenvalue weighted by molar-refractivity contribution is 6.01. The van der Waals surface area contributed by atoms with E-state index in [4.69, 9.17) is 4.74 Å². The van der Waals surface area contributed by atoms with Crippen LogP contribution in [0.1, 0.15) is 5.56 Å². The van der Waals surface area contributed by atoms with Crippen molar-refractivity contribution in [1.29, 1.82) is 0 Å². The van der Waals surface area contributed by atoms with Gasteiger partial charge in [-0.2, -0.15) is 0 Å². The predicted octanol–water partition coefficient (Wildman–Crippen LogP) is 1.65. The third-order valence-corrected chi connectivity index (χ3v) is 2.93. The summed E-state index contributed by atoms with van der Waals surface area (Å²) in [5, 5.41) is 0. The zero-order chi connectivity index (χ0) is 14.5. The first kappa shape index (κ1) is 14.1. The lowest BCUT2D eigenvalue weighted by molar-refractivity contribution is -0.114. The highest BCUT2D eigenvalue weighted by atomic mass is 16.6. The first-order chi connectivity index (χ1) is 9.56. The highest BCUT2D eigenvalue weighted by Gasteiger charge is 2.29. The van der Waals surface area contributed by atoms with Crippen molar-refractivity contribution >= 4 is 11.9 Å². The van der Waals surface area contributed by atoms with Crippen molar-refractivity contribution in [2.45, 2.75) is 6.61 Å². The van der Waals surface area contributed by atoms with Crippen molar-refractivity contribution in [2.75, 3.05) is 27.2 Å². The maximum atomic E-state index is 11.9. The van der Waals surface area contributed by atoms with Gasteiger partial charge in [-0.05, 0) is 5.56 Å². The highest BCUT2D eigenvalue weighted by Crippen LogP contribution is 2.14. The third-order valence-electron chi connectivity index (χ3n) is 2.93. The Bertz CT molecular complexity index is 523. The van der Waals surface area contributed by atoms with Crippen LogP contribution in [0.25, 0.3) is 0 Å². The molecule has 5 heteroatoms. The largest absolute Gasteiger partial charge is 0.445 e. The molecule has 0 spiro atoms. The summed E-state index contributed by atoms with van der Waals surface area (Å²) in [4.78, 5) is 26.9. The topological polar surface area (TPSA) is 49.9 Å². The van der Waals surface area contributed by atoms with Crippen LogP contribution in [-0.2, 0) is 16.1 Å². The number of ether oxygens (including phenoxy) is 1. The summed E-state index contributed by atoms with van der Waals surface area (Å²) in [6, 6.07) is 9.46. The molecule has 20 heavy (non-hydrogen) atoms. The Morgan fingerprint density at radius 1 is 1.30 bits per heavy atom. The molecule has 0 atom stereocenters. The number of amides is 1. The van der Waals surface area contributed by atoms with Gasteiger partial charge in [0.05, 0.1) is 13.1 Å². The number of hydrogen-bond acceptors (Lipinski definition) is 4. The predicted molar refractivity (Wildman–Crippen MR) is 75.0 cm³/mol. The Balaban J connectivity index is 1.90. The lowest BCUT2D eigenvalue weighted by atomic mass is 10.2. The number of carbonyl (C=O) groups is 2. The number of ketones is 1. The first-order valence-electron chi connectivity index (χ1n) is 6.42. The van der Waals surface area contributed by atoms with Crippen LogP contribution in [0.4, 0.5) is 4.79 Å². The fourth-order valence-electron chi connectivity index (χ4n) is 1.99. The molecule has 2 rings (SSSR count). The SMILES string of the molecule is CN(C)C=C1CN(C(=O)OCc2ccccc2)CC1=O. The molecule has 0 unspecified atom stereocenters. The number of likely N-dealkylation sites (tertiary alicyclic amines) is 1. The Morgan fingerprint density at radius 2 is 2.00 bits per heavy atom. The summed E-state index contributed by atoms with van der Waals surface area (Å²) in [5.41, 5.74) is 1.56. The smallest absolute Gasteiger partial charge is 0.410 e. The summed E-state index contributed by atoms with van der Waals surface area (Å²) in [7, 11) is 3.69. The Morgan fingerprint density at radius 3 is 2.65 bits per heavy atom. The van der Waals surface area contributed by atoms with Crippen LogP contribution < -0.4 is 0 Å². The molecule has 0 radical (unpaired) electrons. The molecule has 5 nitrogen and oxygen atoms in total. The second kappa shape index (κ2) is 6.23. The van der Waals surface area contributed by atoms with Crippen molar-refractivity contribution in [1.82, 2.24) is 9.80 Å². The van der Waals surface area contributed by atoms with E-state index in [2.05, 4.69) is 0 Å². The molecule has 1 aromatic rings. The molecule has 1 aliphatic rings. The van der Waals surface area contributed by atoms with Gasteiger partial charge in [0.1, 0.15) is 6.61 Å². The van der Waals surface area contributed by atoms with Gasteiger partial charge in [-0.1, -0.05) is 30.3 Å². The molecule has 1 heterocycles. The summed E-state index contributed by atoms with van der Waals surface area (Å²) in [5.74, 6) is -0.0321. The first-order valence-corrected chi connectivity index (χ1v) is 6.42. The number of rotatable bonds is 3. The molecule has 1 aliphatic heterocycles. The van der Waals surface area contributed by atoms with E-state index in [1.807, 2.05) is 44.4 Å². The number of hydrogen-bond donors (Lipinski definition) is 0. The van der Waals surface area contributed by atoms with E-state index in [0.29, 0.717) is 12.1 Å². The number of nitrogens with zero attached hydrogens (tertiary/aromatic N) is 2. The lowest BCUT2D eigenvalue weighted by Gasteiger charge is -2.14. The maximum Gasteiger partial charge on any atom is 0.410 e. The minimum Gasteiger partial charge on any atom is -0.445 e. The fourth-order valence-corrected chi connectivity index (χ4v) is 1.99. The van der Waals surface area contributed by atoms with Crippen molar-refractivity contribution in [3.63, 3.8) is 0 Å². The van der Waals surface area contributed by atoms with Gasteiger partial charge in [0.15, 0.2) is 5.78 Å². The second-order valence-corrected chi connectivity index (χ2v) is 4.94. The molecule has 0 aliphatic carbocycles. The standard InChI is InChI=1S/C15H18N2O3/c1-16(2)8-13-9-17(10-14(13)18)15(19)20-11-12-6-4-3-5-7-12/h3-8H,9-11H2,1-2H3. The lowest BCUT2D eigenvalue weighted by Crippen LogP contribution is -2.29. The van der Waals surface area contributed by atoms with Gasteiger partial charge in [-0.25, -0.2) is 4.79 Å². The van der Waals surface area contributed by atoms with Crippen molar-refractivity contribution in [3.8, 4) is 0 Å². The van der Waals surface area contributed by atoms with Crippen molar-refractivity contribution < 1.29 is 14.3 Å². The minimum absolute atomic E-state index is 0.0321. The molecule has 1 saturated heterocycles. The van der Waals surface area contributed by atoms with Gasteiger partial charge in [0.25, 0.3) is 0 Å². The Labute approximate surface area is 118 Å². The van der Waals surface area contributed by atoms with E-state index >= 15 is 0 Å². The summed E-state index contributed by atoms with van der Waals surface area (Å²) < 4.78 is 5.21. The van der Waals surface area contributed by atoms with Gasteiger partial charge in [0.2, 0.25) is 0 Å². The normalized spacial score (nSPS) is 16.6. The molecule has 0 aromatic heterocycles. The van der Waals surface area contributed by atoms with E-state index in [-0.39, 0.29) is 18.9 Å². The van der Waals surface area contributed by atoms with E-state index < -0.39 is 6.09 Å². The van der Waals surface area contributed by atoms with Crippen molar-refractivity contribution in [3.05, 3.63) is 47.7 Å². The fraction of sp³-hybridized carbons (Fsp3) is 0.333. The Hall–Kier alpha value is -2.30. The molecule has 1 fully saturated rings. The van der Waals surface area contributed by atoms with Gasteiger partial charge < -0.3 is 9.64 Å². The number of carbonyl (C=O) groups excluding carboxylic acids is 2. The number of benzene rings is 1. The van der Waals surface area contributed by atoms with E-state index in [0.717, 1.165) is 5.56 Å². The van der Waals surface area contributed by atoms with E-state index in [9.17, 15) is 9.59 Å². The Kier molecular flexibility index (Phi) is 4.40. The minimum atomic E-state index is -0.454. The van der Waals surface area contributed by atoms with Crippen LogP contribution in [0.3, 0.4) is 0 Å². The van der Waals surface area contributed by atoms with E-state index in [1.54, 1.807) is 11.1 Å².